The molecule has 2 aromatic rings. The number of aryl methyl sites for hydroxylation is 1. The summed E-state index contributed by atoms with van der Waals surface area (Å²) < 4.78 is 1.67. The van der Waals surface area contributed by atoms with Crippen LogP contribution in [0.1, 0.15) is 23.7 Å². The summed E-state index contributed by atoms with van der Waals surface area (Å²) in [5.41, 5.74) is 2.90. The minimum atomic E-state index is -0.296. The minimum absolute atomic E-state index is 0.0546. The lowest BCUT2D eigenvalue weighted by molar-refractivity contribution is -0.120. The van der Waals surface area contributed by atoms with Crippen LogP contribution in [0.3, 0.4) is 0 Å². The molecular weight excluding hydrogens is 306 g/mol. The van der Waals surface area contributed by atoms with Gasteiger partial charge in [0, 0.05) is 25.3 Å². The Morgan fingerprint density at radius 2 is 2.08 bits per heavy atom. The van der Waals surface area contributed by atoms with Gasteiger partial charge in [-0.25, -0.2) is 4.68 Å². The number of aliphatic hydroxyl groups is 1. The largest absolute Gasteiger partial charge is 0.395 e. The first-order valence-electron chi connectivity index (χ1n) is 8.16. The van der Waals surface area contributed by atoms with Gasteiger partial charge < -0.3 is 10.0 Å². The third-order valence-electron chi connectivity index (χ3n) is 4.31. The van der Waals surface area contributed by atoms with Crippen LogP contribution >= 0.6 is 0 Å². The van der Waals surface area contributed by atoms with Crippen LogP contribution in [0.15, 0.2) is 30.5 Å². The predicted molar refractivity (Wildman–Crippen MR) is 90.6 cm³/mol. The summed E-state index contributed by atoms with van der Waals surface area (Å²) in [6.07, 6.45) is 2.55. The first-order chi connectivity index (χ1) is 11.6. The highest BCUT2D eigenvalue weighted by Crippen LogP contribution is 2.28. The molecule has 1 aliphatic rings. The Hall–Kier alpha value is -2.25. The Morgan fingerprint density at radius 3 is 2.79 bits per heavy atom. The molecule has 3 rings (SSSR count). The lowest BCUT2D eigenvalue weighted by atomic mass is 10.2. The Morgan fingerprint density at radius 1 is 1.33 bits per heavy atom. The van der Waals surface area contributed by atoms with Crippen molar-refractivity contribution in [1.29, 1.82) is 0 Å². The summed E-state index contributed by atoms with van der Waals surface area (Å²) >= 11 is 0. The summed E-state index contributed by atoms with van der Waals surface area (Å²) in [6.45, 7) is 4.01. The van der Waals surface area contributed by atoms with Crippen molar-refractivity contribution in [2.45, 2.75) is 25.9 Å². The maximum absolute atomic E-state index is 12.7. The number of nitrogens with zero attached hydrogens (tertiary/aromatic N) is 5. The normalized spacial score (nSPS) is 17.9. The Balaban J connectivity index is 1.69. The average Bonchev–Trinajstić information content (AvgIpc) is 3.15. The van der Waals surface area contributed by atoms with Gasteiger partial charge in [-0.15, -0.1) is 5.10 Å². The highest BCUT2D eigenvalue weighted by molar-refractivity contribution is 5.98. The van der Waals surface area contributed by atoms with Crippen molar-refractivity contribution >= 4 is 11.6 Å². The number of benzene rings is 1. The molecule has 7 nitrogen and oxygen atoms in total. The molecule has 1 unspecified atom stereocenters. The van der Waals surface area contributed by atoms with Crippen molar-refractivity contribution in [3.8, 4) is 0 Å². The van der Waals surface area contributed by atoms with Crippen LogP contribution in [0, 0.1) is 6.92 Å². The molecular formula is C17H23N5O2. The summed E-state index contributed by atoms with van der Waals surface area (Å²) in [5.74, 6) is 0.0546. The van der Waals surface area contributed by atoms with Crippen LogP contribution in [-0.4, -0.2) is 57.7 Å². The Labute approximate surface area is 141 Å². The second kappa shape index (κ2) is 7.11. The molecule has 1 saturated heterocycles. The monoisotopic (exact) mass is 329 g/mol. The number of amides is 1. The second-order valence-corrected chi connectivity index (χ2v) is 6.28. The zero-order chi connectivity index (χ0) is 17.1. The fourth-order valence-corrected chi connectivity index (χ4v) is 2.96. The van der Waals surface area contributed by atoms with E-state index in [4.69, 9.17) is 5.11 Å². The number of hydrogen-bond acceptors (Lipinski definition) is 5. The van der Waals surface area contributed by atoms with Gasteiger partial charge in [-0.05, 0) is 32.5 Å². The van der Waals surface area contributed by atoms with Crippen molar-refractivity contribution in [2.75, 3.05) is 31.6 Å². The number of aromatic nitrogens is 3. The van der Waals surface area contributed by atoms with Gasteiger partial charge >= 0.3 is 0 Å². The van der Waals surface area contributed by atoms with Crippen molar-refractivity contribution in [3.05, 3.63) is 41.7 Å². The van der Waals surface area contributed by atoms with E-state index in [2.05, 4.69) is 10.3 Å². The van der Waals surface area contributed by atoms with E-state index in [0.717, 1.165) is 17.8 Å². The number of hydrogen-bond donors (Lipinski definition) is 1. The molecule has 0 bridgehead atoms. The van der Waals surface area contributed by atoms with Crippen molar-refractivity contribution in [1.82, 2.24) is 19.9 Å². The molecule has 24 heavy (non-hydrogen) atoms. The van der Waals surface area contributed by atoms with Gasteiger partial charge in [-0.3, -0.25) is 9.69 Å². The zero-order valence-corrected chi connectivity index (χ0v) is 14.1. The van der Waals surface area contributed by atoms with Crippen LogP contribution in [-0.2, 0) is 11.3 Å². The maximum Gasteiger partial charge on any atom is 0.251 e. The molecule has 1 fully saturated rings. The topological polar surface area (TPSA) is 74.5 Å². The number of carbonyl (C=O) groups is 1. The summed E-state index contributed by atoms with van der Waals surface area (Å²) in [6, 6.07) is 7.69. The van der Waals surface area contributed by atoms with E-state index in [1.807, 2.05) is 54.2 Å². The van der Waals surface area contributed by atoms with Crippen molar-refractivity contribution in [3.63, 3.8) is 0 Å². The molecule has 1 N–H and O–H groups in total. The molecule has 1 amide bonds. The van der Waals surface area contributed by atoms with Crippen LogP contribution in [0.2, 0.25) is 0 Å². The first kappa shape index (κ1) is 16.6. The number of rotatable bonds is 6. The lowest BCUT2D eigenvalue weighted by Gasteiger charge is -2.17. The molecule has 0 aliphatic carbocycles. The molecule has 0 saturated carbocycles. The summed E-state index contributed by atoms with van der Waals surface area (Å²) in [7, 11) is 1.91. The lowest BCUT2D eigenvalue weighted by Crippen LogP contribution is -2.28. The second-order valence-electron chi connectivity index (χ2n) is 6.28. The van der Waals surface area contributed by atoms with Gasteiger partial charge in [0.25, 0.3) is 5.91 Å². The van der Waals surface area contributed by atoms with Gasteiger partial charge in [0.15, 0.2) is 0 Å². The third kappa shape index (κ3) is 3.47. The number of likely N-dealkylation sites (N-methyl/N-ethyl adjacent to an activating group) is 1. The van der Waals surface area contributed by atoms with Crippen LogP contribution in [0.5, 0.6) is 0 Å². The molecule has 2 heterocycles. The van der Waals surface area contributed by atoms with Crippen LogP contribution < -0.4 is 4.90 Å². The van der Waals surface area contributed by atoms with E-state index < -0.39 is 0 Å². The molecule has 1 aromatic carbocycles. The third-order valence-corrected chi connectivity index (χ3v) is 4.31. The number of anilines is 1. The maximum atomic E-state index is 12.7. The SMILES string of the molecule is Cc1ccc(N2CCC(n3cc(CN(C)CCO)nn3)C2=O)cc1. The standard InChI is InChI=1S/C17H23N5O2/c1-13-3-5-15(6-4-13)21-8-7-16(17(21)24)22-12-14(18-19-22)11-20(2)9-10-23/h3-6,12,16,23H,7-11H2,1-2H3. The molecule has 7 heteroatoms. The Bertz CT molecular complexity index is 697. The van der Waals surface area contributed by atoms with E-state index >= 15 is 0 Å². The van der Waals surface area contributed by atoms with Crippen LogP contribution in [0.4, 0.5) is 5.69 Å². The van der Waals surface area contributed by atoms with E-state index in [1.54, 1.807) is 4.68 Å². The van der Waals surface area contributed by atoms with E-state index in [0.29, 0.717) is 19.6 Å². The fraction of sp³-hybridized carbons (Fsp3) is 0.471. The Kier molecular flexibility index (Phi) is 4.92. The minimum Gasteiger partial charge on any atom is -0.395 e. The quantitative estimate of drug-likeness (QED) is 0.855. The van der Waals surface area contributed by atoms with Crippen LogP contribution in [0.25, 0.3) is 0 Å². The van der Waals surface area contributed by atoms with Gasteiger partial charge in [0.1, 0.15) is 6.04 Å². The molecule has 128 valence electrons. The predicted octanol–water partition coefficient (Wildman–Crippen LogP) is 0.989. The average molecular weight is 329 g/mol. The fourth-order valence-electron chi connectivity index (χ4n) is 2.96. The highest BCUT2D eigenvalue weighted by Gasteiger charge is 2.34. The van der Waals surface area contributed by atoms with Gasteiger partial charge in [-0.2, -0.15) is 0 Å². The summed E-state index contributed by atoms with van der Waals surface area (Å²) in [5, 5.41) is 17.2. The zero-order valence-electron chi connectivity index (χ0n) is 14.1. The number of aliphatic hydroxyl groups excluding tert-OH is 1. The van der Waals surface area contributed by atoms with Crippen molar-refractivity contribution in [2.24, 2.45) is 0 Å². The van der Waals surface area contributed by atoms with E-state index in [-0.39, 0.29) is 18.6 Å². The van der Waals surface area contributed by atoms with Crippen molar-refractivity contribution < 1.29 is 9.90 Å². The molecule has 1 aliphatic heterocycles. The van der Waals surface area contributed by atoms with Gasteiger partial charge in [0.05, 0.1) is 18.5 Å². The van der Waals surface area contributed by atoms with Gasteiger partial charge in [-0.1, -0.05) is 22.9 Å². The smallest absolute Gasteiger partial charge is 0.251 e. The summed E-state index contributed by atoms with van der Waals surface area (Å²) in [4.78, 5) is 16.5. The van der Waals surface area contributed by atoms with E-state index in [1.165, 1.54) is 5.56 Å². The van der Waals surface area contributed by atoms with Gasteiger partial charge in [0.2, 0.25) is 0 Å². The molecule has 1 aromatic heterocycles. The number of carbonyl (C=O) groups excluding carboxylic acids is 1. The van der Waals surface area contributed by atoms with E-state index in [9.17, 15) is 4.79 Å². The molecule has 0 spiro atoms. The highest BCUT2D eigenvalue weighted by atomic mass is 16.3. The molecule has 1 atom stereocenters. The first-order valence-corrected chi connectivity index (χ1v) is 8.16. The molecule has 0 radical (unpaired) electrons.